The molecule has 74 valence electrons. The molecule has 1 fully saturated rings. The number of urea groups is 1. The Hall–Kier alpha value is -1.22. The monoisotopic (exact) mass is 210 g/mol. The first-order valence-corrected chi connectivity index (χ1v) is 4.88. The third-order valence-electron chi connectivity index (χ3n) is 2.20. The number of nitrogens with zero attached hydrogens (tertiary/aromatic N) is 1. The molecule has 0 bridgehead atoms. The second kappa shape index (κ2) is 3.50. The lowest BCUT2D eigenvalue weighted by atomic mass is 10.3. The van der Waals surface area contributed by atoms with Gasteiger partial charge in [0.2, 0.25) is 0 Å². The summed E-state index contributed by atoms with van der Waals surface area (Å²) in [5, 5.41) is 3.40. The first-order valence-electron chi connectivity index (χ1n) is 4.50. The van der Waals surface area contributed by atoms with Gasteiger partial charge in [-0.05, 0) is 25.1 Å². The molecule has 4 heteroatoms. The molecule has 1 saturated heterocycles. The maximum absolute atomic E-state index is 11.5. The average molecular weight is 211 g/mol. The fourth-order valence-corrected chi connectivity index (χ4v) is 1.47. The van der Waals surface area contributed by atoms with Crippen LogP contribution >= 0.6 is 11.6 Å². The molecule has 0 unspecified atom stereocenters. The maximum Gasteiger partial charge on any atom is 0.322 e. The predicted octanol–water partition coefficient (Wildman–Crippen LogP) is 2.58. The van der Waals surface area contributed by atoms with Gasteiger partial charge in [0.25, 0.3) is 0 Å². The van der Waals surface area contributed by atoms with Gasteiger partial charge >= 0.3 is 6.03 Å². The van der Waals surface area contributed by atoms with Crippen LogP contribution in [0.1, 0.15) is 6.92 Å². The lowest BCUT2D eigenvalue weighted by Gasteiger charge is -2.06. The van der Waals surface area contributed by atoms with Crippen LogP contribution in [0.3, 0.4) is 0 Å². The summed E-state index contributed by atoms with van der Waals surface area (Å²) >= 11 is 5.79. The van der Waals surface area contributed by atoms with Crippen molar-refractivity contribution in [2.24, 2.45) is 0 Å². The van der Waals surface area contributed by atoms with E-state index in [2.05, 4.69) is 5.32 Å². The highest BCUT2D eigenvalue weighted by atomic mass is 35.5. The van der Waals surface area contributed by atoms with E-state index in [1.165, 1.54) is 0 Å². The minimum absolute atomic E-state index is 0.0558. The Morgan fingerprint density at radius 3 is 2.93 bits per heavy atom. The highest BCUT2D eigenvalue weighted by Crippen LogP contribution is 2.20. The van der Waals surface area contributed by atoms with Crippen LogP contribution in [0.2, 0.25) is 5.02 Å². The fourth-order valence-electron chi connectivity index (χ4n) is 1.28. The van der Waals surface area contributed by atoms with E-state index in [1.54, 1.807) is 17.0 Å². The van der Waals surface area contributed by atoms with Crippen molar-refractivity contribution in [1.82, 2.24) is 4.90 Å². The predicted molar refractivity (Wildman–Crippen MR) is 56.6 cm³/mol. The van der Waals surface area contributed by atoms with E-state index >= 15 is 0 Å². The Morgan fingerprint density at radius 2 is 2.36 bits per heavy atom. The molecule has 1 aliphatic rings. The SMILES string of the molecule is C[C@H]1CN1C(=O)Nc1cccc(Cl)c1. The number of halogens is 1. The topological polar surface area (TPSA) is 32.1 Å². The molecular formula is C10H11ClN2O. The van der Waals surface area contributed by atoms with Crippen LogP contribution in [0.4, 0.5) is 10.5 Å². The second-order valence-electron chi connectivity index (χ2n) is 3.44. The lowest BCUT2D eigenvalue weighted by molar-refractivity contribution is 0.240. The van der Waals surface area contributed by atoms with Crippen molar-refractivity contribution in [3.8, 4) is 0 Å². The molecule has 0 aliphatic carbocycles. The Labute approximate surface area is 87.7 Å². The summed E-state index contributed by atoms with van der Waals surface area (Å²) in [5.41, 5.74) is 0.738. The minimum atomic E-state index is -0.0558. The summed E-state index contributed by atoms with van der Waals surface area (Å²) in [6.07, 6.45) is 0. The number of hydrogen-bond donors (Lipinski definition) is 1. The molecule has 14 heavy (non-hydrogen) atoms. The molecule has 1 atom stereocenters. The quantitative estimate of drug-likeness (QED) is 0.710. The van der Waals surface area contributed by atoms with Gasteiger partial charge in [0.05, 0.1) is 0 Å². The van der Waals surface area contributed by atoms with Crippen molar-refractivity contribution in [2.75, 3.05) is 11.9 Å². The summed E-state index contributed by atoms with van der Waals surface area (Å²) < 4.78 is 0. The van der Waals surface area contributed by atoms with Crippen molar-refractivity contribution in [3.05, 3.63) is 29.3 Å². The van der Waals surface area contributed by atoms with Crippen LogP contribution < -0.4 is 5.32 Å². The third kappa shape index (κ3) is 1.99. The van der Waals surface area contributed by atoms with Gasteiger partial charge in [-0.3, -0.25) is 0 Å². The second-order valence-corrected chi connectivity index (χ2v) is 3.88. The lowest BCUT2D eigenvalue weighted by Crippen LogP contribution is -2.19. The summed E-state index contributed by atoms with van der Waals surface area (Å²) in [7, 11) is 0. The highest BCUT2D eigenvalue weighted by Gasteiger charge is 2.33. The molecule has 2 rings (SSSR count). The van der Waals surface area contributed by atoms with E-state index in [4.69, 9.17) is 11.6 Å². The number of amides is 2. The van der Waals surface area contributed by atoms with E-state index in [0.29, 0.717) is 11.1 Å². The van der Waals surface area contributed by atoms with E-state index in [0.717, 1.165) is 12.2 Å². The van der Waals surface area contributed by atoms with Crippen molar-refractivity contribution >= 4 is 23.3 Å². The number of carbonyl (C=O) groups is 1. The molecule has 1 aromatic rings. The fraction of sp³-hybridized carbons (Fsp3) is 0.300. The Kier molecular flexibility index (Phi) is 2.33. The van der Waals surface area contributed by atoms with Crippen LogP contribution in [0.15, 0.2) is 24.3 Å². The van der Waals surface area contributed by atoms with Crippen LogP contribution in [-0.4, -0.2) is 23.5 Å². The van der Waals surface area contributed by atoms with Crippen molar-refractivity contribution in [3.63, 3.8) is 0 Å². The van der Waals surface area contributed by atoms with E-state index in [1.807, 2.05) is 19.1 Å². The van der Waals surface area contributed by atoms with Gasteiger partial charge in [-0.25, -0.2) is 4.79 Å². The number of anilines is 1. The van der Waals surface area contributed by atoms with Crippen molar-refractivity contribution in [2.45, 2.75) is 13.0 Å². The highest BCUT2D eigenvalue weighted by molar-refractivity contribution is 6.30. The van der Waals surface area contributed by atoms with Gasteiger partial charge in [-0.2, -0.15) is 0 Å². The zero-order chi connectivity index (χ0) is 10.1. The smallest absolute Gasteiger partial charge is 0.318 e. The Morgan fingerprint density at radius 1 is 1.64 bits per heavy atom. The summed E-state index contributed by atoms with van der Waals surface area (Å²) in [6, 6.07) is 7.45. The number of nitrogens with one attached hydrogen (secondary N) is 1. The van der Waals surface area contributed by atoms with Crippen LogP contribution in [0.5, 0.6) is 0 Å². The number of carbonyl (C=O) groups excluding carboxylic acids is 1. The normalized spacial score (nSPS) is 19.3. The molecule has 1 N–H and O–H groups in total. The molecule has 1 aliphatic heterocycles. The van der Waals surface area contributed by atoms with E-state index in [9.17, 15) is 4.79 Å². The molecule has 1 heterocycles. The van der Waals surface area contributed by atoms with E-state index < -0.39 is 0 Å². The zero-order valence-corrected chi connectivity index (χ0v) is 8.58. The Bertz CT molecular complexity index is 367. The summed E-state index contributed by atoms with van der Waals surface area (Å²) in [5.74, 6) is 0. The van der Waals surface area contributed by atoms with Crippen molar-refractivity contribution < 1.29 is 4.79 Å². The van der Waals surface area contributed by atoms with Gasteiger partial charge in [-0.1, -0.05) is 17.7 Å². The number of rotatable bonds is 1. The molecule has 0 spiro atoms. The summed E-state index contributed by atoms with van der Waals surface area (Å²) in [6.45, 7) is 2.85. The van der Waals surface area contributed by atoms with Gasteiger partial charge in [0.1, 0.15) is 0 Å². The van der Waals surface area contributed by atoms with Crippen LogP contribution in [-0.2, 0) is 0 Å². The average Bonchev–Trinajstić information content (AvgIpc) is 2.82. The molecule has 3 nitrogen and oxygen atoms in total. The van der Waals surface area contributed by atoms with Gasteiger partial charge in [0.15, 0.2) is 0 Å². The van der Waals surface area contributed by atoms with Gasteiger partial charge in [-0.15, -0.1) is 0 Å². The maximum atomic E-state index is 11.5. The van der Waals surface area contributed by atoms with E-state index in [-0.39, 0.29) is 6.03 Å². The minimum Gasteiger partial charge on any atom is -0.318 e. The standard InChI is InChI=1S/C10H11ClN2O/c1-7-6-13(7)10(14)12-9-4-2-3-8(11)5-9/h2-5,7H,6H2,1H3,(H,12,14)/t7-,13?/m0/s1. The first-order chi connectivity index (χ1) is 6.66. The van der Waals surface area contributed by atoms with Crippen LogP contribution in [0, 0.1) is 0 Å². The molecule has 1 aromatic carbocycles. The zero-order valence-electron chi connectivity index (χ0n) is 7.83. The van der Waals surface area contributed by atoms with Crippen molar-refractivity contribution in [1.29, 1.82) is 0 Å². The summed E-state index contributed by atoms with van der Waals surface area (Å²) in [4.78, 5) is 13.2. The number of hydrogen-bond acceptors (Lipinski definition) is 1. The molecular weight excluding hydrogens is 200 g/mol. The van der Waals surface area contributed by atoms with Gasteiger partial charge < -0.3 is 10.2 Å². The Balaban J connectivity index is 2.00. The molecule has 2 amide bonds. The van der Waals surface area contributed by atoms with Crippen LogP contribution in [0.25, 0.3) is 0 Å². The third-order valence-corrected chi connectivity index (χ3v) is 2.43. The van der Waals surface area contributed by atoms with Gasteiger partial charge in [0, 0.05) is 23.3 Å². The molecule has 0 saturated carbocycles. The number of benzene rings is 1. The molecule has 0 radical (unpaired) electrons. The molecule has 0 aromatic heterocycles. The largest absolute Gasteiger partial charge is 0.322 e. The first kappa shape index (κ1) is 9.34.